The van der Waals surface area contributed by atoms with Crippen LogP contribution >= 0.6 is 0 Å². The van der Waals surface area contributed by atoms with Gasteiger partial charge < -0.3 is 9.84 Å². The smallest absolute Gasteiger partial charge is 0.109 e. The predicted molar refractivity (Wildman–Crippen MR) is 43.6 cm³/mol. The van der Waals surface area contributed by atoms with E-state index in [1.54, 1.807) is 0 Å². The molecule has 0 aromatic rings. The highest BCUT2D eigenvalue weighted by Gasteiger charge is 2.37. The molecule has 1 aliphatic rings. The molecule has 1 saturated heterocycles. The molecule has 0 aromatic heterocycles. The van der Waals surface area contributed by atoms with Crippen molar-refractivity contribution in [3.63, 3.8) is 0 Å². The fourth-order valence-corrected chi connectivity index (χ4v) is 1.37. The molecular formula is C6H10BN3O2. The summed E-state index contributed by atoms with van der Waals surface area (Å²) in [7, 11) is 5.52. The normalized spacial score (nSPS) is 40.8. The zero-order valence-electron chi connectivity index (χ0n) is 6.79. The monoisotopic (exact) mass is 167 g/mol. The van der Waals surface area contributed by atoms with Crippen molar-refractivity contribution in [3.8, 4) is 0 Å². The molecule has 5 nitrogen and oxygen atoms in total. The maximum absolute atomic E-state index is 8.82. The highest BCUT2D eigenvalue weighted by Crippen LogP contribution is 2.27. The maximum Gasteiger partial charge on any atom is 0.109 e. The lowest BCUT2D eigenvalue weighted by Gasteiger charge is -2.12. The number of aliphatic hydroxyl groups is 1. The van der Waals surface area contributed by atoms with E-state index in [1.807, 2.05) is 6.92 Å². The molecule has 64 valence electrons. The molecule has 0 aromatic carbocycles. The summed E-state index contributed by atoms with van der Waals surface area (Å²) in [5.41, 5.74) is 8.21. The van der Waals surface area contributed by atoms with E-state index < -0.39 is 6.00 Å². The van der Waals surface area contributed by atoms with E-state index in [2.05, 4.69) is 10.0 Å². The van der Waals surface area contributed by atoms with E-state index >= 15 is 0 Å². The molecule has 1 heterocycles. The fraction of sp³-hybridized carbons (Fsp3) is 1.00. The quantitative estimate of drug-likeness (QED) is 0.275. The Bertz CT molecular complexity index is 207. The predicted octanol–water partition coefficient (Wildman–Crippen LogP) is 0.187. The van der Waals surface area contributed by atoms with Crippen LogP contribution in [0.3, 0.4) is 0 Å². The molecule has 0 amide bonds. The van der Waals surface area contributed by atoms with Crippen molar-refractivity contribution in [2.75, 3.05) is 6.61 Å². The van der Waals surface area contributed by atoms with Crippen molar-refractivity contribution in [2.24, 2.45) is 11.0 Å². The second kappa shape index (κ2) is 3.80. The average molecular weight is 167 g/mol. The first kappa shape index (κ1) is 9.38. The third-order valence-corrected chi connectivity index (χ3v) is 2.16. The molecular weight excluding hydrogens is 157 g/mol. The molecule has 1 rings (SSSR count). The van der Waals surface area contributed by atoms with Crippen LogP contribution in [0.2, 0.25) is 0 Å². The third kappa shape index (κ3) is 1.55. The van der Waals surface area contributed by atoms with Gasteiger partial charge in [-0.25, -0.2) is 0 Å². The Labute approximate surface area is 71.8 Å². The summed E-state index contributed by atoms with van der Waals surface area (Å²) in [5.74, 6) is -0.0269. The maximum atomic E-state index is 8.82. The Hall–Kier alpha value is -0.705. The highest BCUT2D eigenvalue weighted by molar-refractivity contribution is 6.11. The van der Waals surface area contributed by atoms with Crippen LogP contribution in [0.1, 0.15) is 6.92 Å². The van der Waals surface area contributed by atoms with Gasteiger partial charge in [0.05, 0.1) is 18.8 Å². The standard InChI is InChI=1S/C6H10BN3O2/c1-3-4(2-11)12-6(7)5(3)9-10-8/h3-6,11H,2H2,1H3/t3-,4-,5-,6-/m1/s1. The first-order chi connectivity index (χ1) is 5.70. The molecule has 0 aliphatic carbocycles. The molecule has 2 radical (unpaired) electrons. The summed E-state index contributed by atoms with van der Waals surface area (Å²) in [6.07, 6.45) is -0.310. The van der Waals surface area contributed by atoms with Gasteiger partial charge in [0, 0.05) is 10.9 Å². The summed E-state index contributed by atoms with van der Waals surface area (Å²) in [5, 5.41) is 12.3. The Morgan fingerprint density at radius 1 is 1.75 bits per heavy atom. The molecule has 1 aliphatic heterocycles. The molecule has 4 atom stereocenters. The van der Waals surface area contributed by atoms with Crippen LogP contribution in [0, 0.1) is 5.92 Å². The lowest BCUT2D eigenvalue weighted by molar-refractivity contribution is 0.0290. The summed E-state index contributed by atoms with van der Waals surface area (Å²) in [6.45, 7) is 1.75. The molecule has 12 heavy (non-hydrogen) atoms. The zero-order chi connectivity index (χ0) is 9.14. The molecule has 1 fully saturated rings. The van der Waals surface area contributed by atoms with E-state index in [9.17, 15) is 0 Å². The zero-order valence-corrected chi connectivity index (χ0v) is 6.79. The summed E-state index contributed by atoms with van der Waals surface area (Å²) in [6, 6.07) is -0.958. The summed E-state index contributed by atoms with van der Waals surface area (Å²) in [4.78, 5) is 2.67. The molecule has 0 saturated carbocycles. The van der Waals surface area contributed by atoms with Crippen LogP contribution in [0.15, 0.2) is 5.11 Å². The van der Waals surface area contributed by atoms with E-state index in [4.69, 9.17) is 23.2 Å². The minimum Gasteiger partial charge on any atom is -0.394 e. The van der Waals surface area contributed by atoms with Gasteiger partial charge in [0.25, 0.3) is 0 Å². The fourth-order valence-electron chi connectivity index (χ4n) is 1.37. The number of hydrogen-bond acceptors (Lipinski definition) is 3. The molecule has 1 N–H and O–H groups in total. The van der Waals surface area contributed by atoms with Crippen LogP contribution in [-0.4, -0.2) is 37.7 Å². The van der Waals surface area contributed by atoms with Gasteiger partial charge >= 0.3 is 0 Å². The van der Waals surface area contributed by atoms with Gasteiger partial charge in [-0.3, -0.25) is 0 Å². The van der Waals surface area contributed by atoms with E-state index in [1.165, 1.54) is 0 Å². The van der Waals surface area contributed by atoms with Crippen LogP contribution in [-0.2, 0) is 4.74 Å². The van der Waals surface area contributed by atoms with Crippen LogP contribution < -0.4 is 0 Å². The Balaban J connectivity index is 2.69. The number of azide groups is 1. The molecule has 6 heteroatoms. The number of ether oxygens (including phenoxy) is 1. The number of nitrogens with zero attached hydrogens (tertiary/aromatic N) is 3. The van der Waals surface area contributed by atoms with Crippen LogP contribution in [0.5, 0.6) is 0 Å². The largest absolute Gasteiger partial charge is 0.394 e. The van der Waals surface area contributed by atoms with Gasteiger partial charge in [0.1, 0.15) is 7.85 Å². The number of hydrogen-bond donors (Lipinski definition) is 1. The first-order valence-corrected chi connectivity index (χ1v) is 3.76. The topological polar surface area (TPSA) is 78.2 Å². The van der Waals surface area contributed by atoms with Gasteiger partial charge in [-0.15, -0.1) is 0 Å². The van der Waals surface area contributed by atoms with Crippen molar-refractivity contribution in [2.45, 2.75) is 25.1 Å². The SMILES string of the molecule is [B][C@@H]1O[C@H](CO)[C@@H](C)[C@H]1N=[N+]=[N-]. The van der Waals surface area contributed by atoms with Crippen LogP contribution in [0.25, 0.3) is 10.4 Å². The van der Waals surface area contributed by atoms with Gasteiger partial charge in [-0.1, -0.05) is 12.0 Å². The lowest BCUT2D eigenvalue weighted by Crippen LogP contribution is -2.24. The third-order valence-electron chi connectivity index (χ3n) is 2.16. The van der Waals surface area contributed by atoms with E-state index in [0.717, 1.165) is 0 Å². The highest BCUT2D eigenvalue weighted by atomic mass is 16.5. The summed E-state index contributed by atoms with van der Waals surface area (Å²) >= 11 is 0. The molecule has 0 unspecified atom stereocenters. The van der Waals surface area contributed by atoms with Crippen molar-refractivity contribution < 1.29 is 9.84 Å². The first-order valence-electron chi connectivity index (χ1n) is 3.76. The van der Waals surface area contributed by atoms with E-state index in [-0.39, 0.29) is 24.7 Å². The van der Waals surface area contributed by atoms with Gasteiger partial charge in [0.15, 0.2) is 0 Å². The van der Waals surface area contributed by atoms with Gasteiger partial charge in [0.2, 0.25) is 0 Å². The average Bonchev–Trinajstić information content (AvgIpc) is 2.32. The van der Waals surface area contributed by atoms with E-state index in [0.29, 0.717) is 0 Å². The van der Waals surface area contributed by atoms with Gasteiger partial charge in [-0.05, 0) is 11.4 Å². The Morgan fingerprint density at radius 2 is 2.42 bits per heavy atom. The van der Waals surface area contributed by atoms with Crippen LogP contribution in [0.4, 0.5) is 0 Å². The Kier molecular flexibility index (Phi) is 2.97. The van der Waals surface area contributed by atoms with Crippen molar-refractivity contribution in [1.82, 2.24) is 0 Å². The van der Waals surface area contributed by atoms with Gasteiger partial charge in [-0.2, -0.15) is 0 Å². The molecule has 0 bridgehead atoms. The van der Waals surface area contributed by atoms with Crippen molar-refractivity contribution in [1.29, 1.82) is 0 Å². The second-order valence-electron chi connectivity index (χ2n) is 2.88. The minimum absolute atomic E-state index is 0.0269. The number of rotatable bonds is 2. The number of aliphatic hydroxyl groups excluding tert-OH is 1. The summed E-state index contributed by atoms with van der Waals surface area (Å²) < 4.78 is 5.15. The Morgan fingerprint density at radius 3 is 2.83 bits per heavy atom. The second-order valence-corrected chi connectivity index (χ2v) is 2.88. The minimum atomic E-state index is -0.590. The molecule has 0 spiro atoms. The lowest BCUT2D eigenvalue weighted by atomic mass is 9.87. The van der Waals surface area contributed by atoms with Crippen molar-refractivity contribution in [3.05, 3.63) is 10.4 Å². The van der Waals surface area contributed by atoms with Crippen molar-refractivity contribution >= 4 is 7.85 Å².